The van der Waals surface area contributed by atoms with Crippen LogP contribution >= 0.6 is 0 Å². The van der Waals surface area contributed by atoms with Crippen LogP contribution in [-0.4, -0.2) is 35.2 Å². The van der Waals surface area contributed by atoms with E-state index in [1.54, 1.807) is 0 Å². The van der Waals surface area contributed by atoms with Crippen LogP contribution in [0.3, 0.4) is 0 Å². The summed E-state index contributed by atoms with van der Waals surface area (Å²) in [6.45, 7) is 2.36. The summed E-state index contributed by atoms with van der Waals surface area (Å²) in [5, 5.41) is 10.4. The number of aliphatic hydroxyl groups excluding tert-OH is 1. The SMILES string of the molecule is OC1CCCCCC1N1CCC(Cc2ccccc2)CC1. The van der Waals surface area contributed by atoms with Crippen molar-refractivity contribution < 1.29 is 5.11 Å². The first kappa shape index (κ1) is 15.1. The largest absolute Gasteiger partial charge is 0.391 e. The van der Waals surface area contributed by atoms with Gasteiger partial charge in [-0.3, -0.25) is 4.90 Å². The Morgan fingerprint density at radius 3 is 2.38 bits per heavy atom. The third kappa shape index (κ3) is 4.08. The molecule has 1 saturated heterocycles. The average molecular weight is 287 g/mol. The molecule has 0 amide bonds. The zero-order chi connectivity index (χ0) is 14.5. The van der Waals surface area contributed by atoms with Crippen LogP contribution in [0.1, 0.15) is 50.5 Å². The molecule has 21 heavy (non-hydrogen) atoms. The number of piperidine rings is 1. The molecule has 2 atom stereocenters. The lowest BCUT2D eigenvalue weighted by molar-refractivity contribution is 0.0252. The summed E-state index contributed by atoms with van der Waals surface area (Å²) in [5.41, 5.74) is 1.48. The molecule has 2 aliphatic rings. The maximum Gasteiger partial charge on any atom is 0.0695 e. The summed E-state index contributed by atoms with van der Waals surface area (Å²) >= 11 is 0. The molecule has 1 heterocycles. The molecule has 2 nitrogen and oxygen atoms in total. The fourth-order valence-corrected chi connectivity index (χ4v) is 4.13. The van der Waals surface area contributed by atoms with E-state index in [1.165, 1.54) is 63.6 Å². The molecule has 1 saturated carbocycles. The Hall–Kier alpha value is -0.860. The number of likely N-dealkylation sites (tertiary alicyclic amines) is 1. The van der Waals surface area contributed by atoms with Gasteiger partial charge in [-0.25, -0.2) is 0 Å². The Balaban J connectivity index is 1.50. The van der Waals surface area contributed by atoms with Crippen molar-refractivity contribution in [3.63, 3.8) is 0 Å². The summed E-state index contributed by atoms with van der Waals surface area (Å²) in [7, 11) is 0. The Labute approximate surface area is 129 Å². The first-order valence-electron chi connectivity index (χ1n) is 8.79. The maximum atomic E-state index is 10.4. The molecule has 1 aliphatic carbocycles. The highest BCUT2D eigenvalue weighted by Crippen LogP contribution is 2.28. The predicted molar refractivity (Wildman–Crippen MR) is 87.3 cm³/mol. The van der Waals surface area contributed by atoms with E-state index in [-0.39, 0.29) is 6.10 Å². The van der Waals surface area contributed by atoms with Gasteiger partial charge in [0, 0.05) is 6.04 Å². The third-order valence-electron chi connectivity index (χ3n) is 5.43. The molecular weight excluding hydrogens is 258 g/mol. The zero-order valence-corrected chi connectivity index (χ0v) is 13.1. The normalized spacial score (nSPS) is 29.2. The van der Waals surface area contributed by atoms with Gasteiger partial charge in [0.2, 0.25) is 0 Å². The third-order valence-corrected chi connectivity index (χ3v) is 5.43. The predicted octanol–water partition coefficient (Wildman–Crippen LogP) is 3.63. The standard InChI is InChI=1S/C19H29NO/c21-19-10-6-2-5-9-18(19)20-13-11-17(12-14-20)15-16-7-3-1-4-8-16/h1,3-4,7-8,17-19,21H,2,5-6,9-15H2. The molecule has 2 unspecified atom stereocenters. The minimum atomic E-state index is -0.0850. The number of hydrogen-bond donors (Lipinski definition) is 1. The van der Waals surface area contributed by atoms with Crippen molar-refractivity contribution in [2.45, 2.75) is 63.5 Å². The summed E-state index contributed by atoms with van der Waals surface area (Å²) < 4.78 is 0. The Kier molecular flexibility index (Phi) is 5.32. The second-order valence-corrected chi connectivity index (χ2v) is 6.94. The van der Waals surface area contributed by atoms with Crippen LogP contribution in [-0.2, 0) is 6.42 Å². The Bertz CT molecular complexity index is 411. The van der Waals surface area contributed by atoms with E-state index in [0.29, 0.717) is 6.04 Å². The van der Waals surface area contributed by atoms with Gasteiger partial charge in [-0.2, -0.15) is 0 Å². The average Bonchev–Trinajstić information content (AvgIpc) is 2.74. The molecule has 116 valence electrons. The van der Waals surface area contributed by atoms with Crippen LogP contribution in [0.4, 0.5) is 0 Å². The van der Waals surface area contributed by atoms with E-state index in [2.05, 4.69) is 35.2 Å². The monoisotopic (exact) mass is 287 g/mol. The molecule has 1 aromatic carbocycles. The number of hydrogen-bond acceptors (Lipinski definition) is 2. The number of rotatable bonds is 3. The molecule has 1 aromatic rings. The zero-order valence-electron chi connectivity index (χ0n) is 13.1. The minimum Gasteiger partial charge on any atom is -0.391 e. The van der Waals surface area contributed by atoms with E-state index < -0.39 is 0 Å². The van der Waals surface area contributed by atoms with Crippen molar-refractivity contribution in [3.8, 4) is 0 Å². The van der Waals surface area contributed by atoms with Gasteiger partial charge < -0.3 is 5.11 Å². The smallest absolute Gasteiger partial charge is 0.0695 e. The number of nitrogens with zero attached hydrogens (tertiary/aromatic N) is 1. The molecule has 0 aromatic heterocycles. The van der Waals surface area contributed by atoms with E-state index in [1.807, 2.05) is 0 Å². The van der Waals surface area contributed by atoms with Crippen molar-refractivity contribution in [1.29, 1.82) is 0 Å². The molecule has 2 heteroatoms. The van der Waals surface area contributed by atoms with Crippen molar-refractivity contribution >= 4 is 0 Å². The van der Waals surface area contributed by atoms with Crippen LogP contribution in [0.5, 0.6) is 0 Å². The number of aliphatic hydroxyl groups is 1. The van der Waals surface area contributed by atoms with Gasteiger partial charge in [0.1, 0.15) is 0 Å². The lowest BCUT2D eigenvalue weighted by atomic mass is 9.88. The quantitative estimate of drug-likeness (QED) is 0.858. The highest BCUT2D eigenvalue weighted by molar-refractivity contribution is 5.15. The van der Waals surface area contributed by atoms with Gasteiger partial charge in [-0.05, 0) is 56.7 Å². The van der Waals surface area contributed by atoms with Crippen LogP contribution in [0.15, 0.2) is 30.3 Å². The first-order valence-corrected chi connectivity index (χ1v) is 8.79. The topological polar surface area (TPSA) is 23.5 Å². The fourth-order valence-electron chi connectivity index (χ4n) is 4.13. The molecule has 0 spiro atoms. The van der Waals surface area contributed by atoms with E-state index in [0.717, 1.165) is 12.3 Å². The second kappa shape index (κ2) is 7.42. The van der Waals surface area contributed by atoms with Crippen molar-refractivity contribution in [3.05, 3.63) is 35.9 Å². The van der Waals surface area contributed by atoms with Gasteiger partial charge >= 0.3 is 0 Å². The van der Waals surface area contributed by atoms with Crippen LogP contribution in [0.2, 0.25) is 0 Å². The van der Waals surface area contributed by atoms with Gasteiger partial charge in [0.05, 0.1) is 6.10 Å². The molecule has 1 N–H and O–H groups in total. The molecular formula is C19H29NO. The molecule has 3 rings (SSSR count). The van der Waals surface area contributed by atoms with Gasteiger partial charge in [-0.15, -0.1) is 0 Å². The van der Waals surface area contributed by atoms with E-state index in [9.17, 15) is 5.11 Å². The van der Waals surface area contributed by atoms with Gasteiger partial charge in [-0.1, -0.05) is 49.6 Å². The minimum absolute atomic E-state index is 0.0850. The van der Waals surface area contributed by atoms with Gasteiger partial charge in [0.25, 0.3) is 0 Å². The van der Waals surface area contributed by atoms with Crippen LogP contribution in [0, 0.1) is 5.92 Å². The molecule has 1 aliphatic heterocycles. The molecule has 0 radical (unpaired) electrons. The number of benzene rings is 1. The van der Waals surface area contributed by atoms with E-state index in [4.69, 9.17) is 0 Å². The molecule has 0 bridgehead atoms. The summed E-state index contributed by atoms with van der Waals surface area (Å²) in [6.07, 6.45) is 9.74. The summed E-state index contributed by atoms with van der Waals surface area (Å²) in [4.78, 5) is 2.58. The van der Waals surface area contributed by atoms with Crippen LogP contribution in [0.25, 0.3) is 0 Å². The van der Waals surface area contributed by atoms with Crippen molar-refractivity contribution in [1.82, 2.24) is 4.90 Å². The van der Waals surface area contributed by atoms with Crippen LogP contribution < -0.4 is 0 Å². The summed E-state index contributed by atoms with van der Waals surface area (Å²) in [5.74, 6) is 0.826. The lowest BCUT2D eigenvalue weighted by Gasteiger charge is -2.39. The Morgan fingerprint density at radius 1 is 0.905 bits per heavy atom. The van der Waals surface area contributed by atoms with Crippen molar-refractivity contribution in [2.75, 3.05) is 13.1 Å². The Morgan fingerprint density at radius 2 is 1.62 bits per heavy atom. The van der Waals surface area contributed by atoms with E-state index >= 15 is 0 Å². The second-order valence-electron chi connectivity index (χ2n) is 6.94. The highest BCUT2D eigenvalue weighted by atomic mass is 16.3. The highest BCUT2D eigenvalue weighted by Gasteiger charge is 2.30. The summed E-state index contributed by atoms with van der Waals surface area (Å²) in [6, 6.07) is 11.3. The van der Waals surface area contributed by atoms with Crippen molar-refractivity contribution in [2.24, 2.45) is 5.92 Å². The maximum absolute atomic E-state index is 10.4. The lowest BCUT2D eigenvalue weighted by Crippen LogP contribution is -2.47. The molecule has 2 fully saturated rings. The fraction of sp³-hybridized carbons (Fsp3) is 0.684. The van der Waals surface area contributed by atoms with Gasteiger partial charge in [0.15, 0.2) is 0 Å². The first-order chi connectivity index (χ1) is 10.3.